The molecule has 1 aromatic rings. The zero-order chi connectivity index (χ0) is 17.8. The van der Waals surface area contributed by atoms with Crippen molar-refractivity contribution >= 4 is 18.5 Å². The highest BCUT2D eigenvalue weighted by Gasteiger charge is 2.31. The lowest BCUT2D eigenvalue weighted by molar-refractivity contribution is -0.135. The zero-order valence-electron chi connectivity index (χ0n) is 15.4. The van der Waals surface area contributed by atoms with Crippen molar-refractivity contribution in [2.24, 2.45) is 5.92 Å². The molecule has 0 aromatic heterocycles. The van der Waals surface area contributed by atoms with Crippen LogP contribution in [0.3, 0.4) is 0 Å². The number of benzene rings is 1. The summed E-state index contributed by atoms with van der Waals surface area (Å²) in [5.41, 5.74) is 2.68. The Labute approximate surface area is 157 Å². The Morgan fingerprint density at radius 1 is 1.40 bits per heavy atom. The van der Waals surface area contributed by atoms with Crippen LogP contribution in [0, 0.1) is 5.92 Å². The molecule has 5 heteroatoms. The molecule has 2 aliphatic rings. The molecule has 0 radical (unpaired) electrons. The van der Waals surface area contributed by atoms with Gasteiger partial charge in [-0.3, -0.25) is 4.79 Å². The van der Waals surface area contributed by atoms with Crippen molar-refractivity contribution in [3.05, 3.63) is 35.4 Å². The average molecular weight is 362 g/mol. The third kappa shape index (κ3) is 4.57. The first-order chi connectivity index (χ1) is 12.1. The molecule has 1 saturated heterocycles. The van der Waals surface area contributed by atoms with Gasteiger partial charge >= 0.3 is 0 Å². The second kappa shape index (κ2) is 8.56. The average Bonchev–Trinajstić information content (AvgIpc) is 3.06. The van der Waals surface area contributed by atoms with Crippen LogP contribution in [0.15, 0.2) is 24.3 Å². The second-order valence-electron chi connectivity index (χ2n) is 7.54. The van der Waals surface area contributed by atoms with E-state index in [-0.39, 0.29) is 11.9 Å². The smallest absolute Gasteiger partial charge is 0.240 e. The van der Waals surface area contributed by atoms with Crippen molar-refractivity contribution in [3.63, 3.8) is 0 Å². The van der Waals surface area contributed by atoms with Gasteiger partial charge in [-0.2, -0.15) is 12.6 Å². The standard InChI is InChI=1S/C20H31N3OS/c1-3-14(2)19(22-11-17-10-18(25)12-21-17)20(24)23-9-8-15-6-4-5-7-16(15)13-23/h4-7,14,17-19,21-22,25H,3,8-13H2,1-2H3/t14?,17?,18-,19?/m0/s1. The molecule has 1 aromatic carbocycles. The predicted molar refractivity (Wildman–Crippen MR) is 106 cm³/mol. The number of rotatable bonds is 6. The monoisotopic (exact) mass is 361 g/mol. The highest BCUT2D eigenvalue weighted by Crippen LogP contribution is 2.21. The van der Waals surface area contributed by atoms with E-state index in [9.17, 15) is 4.79 Å². The van der Waals surface area contributed by atoms with Crippen molar-refractivity contribution in [2.75, 3.05) is 19.6 Å². The number of hydrogen-bond donors (Lipinski definition) is 3. The van der Waals surface area contributed by atoms with Crippen LogP contribution >= 0.6 is 12.6 Å². The lowest BCUT2D eigenvalue weighted by Crippen LogP contribution is -2.53. The fourth-order valence-electron chi connectivity index (χ4n) is 3.87. The van der Waals surface area contributed by atoms with Crippen LogP contribution in [-0.4, -0.2) is 47.8 Å². The van der Waals surface area contributed by atoms with E-state index in [0.29, 0.717) is 17.2 Å². The molecule has 0 spiro atoms. The lowest BCUT2D eigenvalue weighted by Gasteiger charge is -2.34. The summed E-state index contributed by atoms with van der Waals surface area (Å²) in [6.45, 7) is 7.70. The molecule has 1 fully saturated rings. The number of thiol groups is 1. The summed E-state index contributed by atoms with van der Waals surface area (Å²) >= 11 is 4.54. The van der Waals surface area contributed by atoms with E-state index >= 15 is 0 Å². The van der Waals surface area contributed by atoms with Gasteiger partial charge in [0.2, 0.25) is 5.91 Å². The second-order valence-corrected chi connectivity index (χ2v) is 8.27. The van der Waals surface area contributed by atoms with E-state index in [1.807, 2.05) is 4.90 Å². The molecule has 2 heterocycles. The van der Waals surface area contributed by atoms with Gasteiger partial charge in [0, 0.05) is 37.5 Å². The molecular weight excluding hydrogens is 330 g/mol. The number of carbonyl (C=O) groups excluding carboxylic acids is 1. The molecule has 4 atom stereocenters. The maximum atomic E-state index is 13.2. The molecule has 138 valence electrons. The van der Waals surface area contributed by atoms with Crippen molar-refractivity contribution in [3.8, 4) is 0 Å². The van der Waals surface area contributed by atoms with Crippen LogP contribution in [-0.2, 0) is 17.8 Å². The van der Waals surface area contributed by atoms with E-state index < -0.39 is 0 Å². The fourth-order valence-corrected chi connectivity index (χ4v) is 4.23. The number of hydrogen-bond acceptors (Lipinski definition) is 4. The predicted octanol–water partition coefficient (Wildman–Crippen LogP) is 2.24. The Kier molecular flexibility index (Phi) is 6.42. The number of fused-ring (bicyclic) bond motifs is 1. The van der Waals surface area contributed by atoms with Crippen LogP contribution in [0.25, 0.3) is 0 Å². The zero-order valence-corrected chi connectivity index (χ0v) is 16.3. The minimum Gasteiger partial charge on any atom is -0.337 e. The molecule has 2 aliphatic heterocycles. The van der Waals surface area contributed by atoms with Crippen LogP contribution < -0.4 is 10.6 Å². The number of nitrogens with one attached hydrogen (secondary N) is 2. The summed E-state index contributed by atoms with van der Waals surface area (Å²) in [6.07, 6.45) is 3.02. The molecule has 4 nitrogen and oxygen atoms in total. The topological polar surface area (TPSA) is 44.4 Å². The summed E-state index contributed by atoms with van der Waals surface area (Å²) in [7, 11) is 0. The van der Waals surface area contributed by atoms with Crippen molar-refractivity contribution < 1.29 is 4.79 Å². The van der Waals surface area contributed by atoms with Gasteiger partial charge in [0.1, 0.15) is 0 Å². The van der Waals surface area contributed by atoms with Gasteiger partial charge in [-0.15, -0.1) is 0 Å². The van der Waals surface area contributed by atoms with Gasteiger partial charge in [0.05, 0.1) is 6.04 Å². The number of amides is 1. The molecule has 3 unspecified atom stereocenters. The van der Waals surface area contributed by atoms with E-state index in [2.05, 4.69) is 61.4 Å². The lowest BCUT2D eigenvalue weighted by atomic mass is 9.94. The quantitative estimate of drug-likeness (QED) is 0.681. The van der Waals surface area contributed by atoms with Gasteiger partial charge in [-0.25, -0.2) is 0 Å². The minimum absolute atomic E-state index is 0.101. The molecule has 3 rings (SSSR count). The molecule has 0 aliphatic carbocycles. The van der Waals surface area contributed by atoms with Crippen molar-refractivity contribution in [2.45, 2.75) is 57.0 Å². The summed E-state index contributed by atoms with van der Waals surface area (Å²) in [5, 5.41) is 7.49. The highest BCUT2D eigenvalue weighted by molar-refractivity contribution is 7.81. The third-order valence-electron chi connectivity index (χ3n) is 5.70. The largest absolute Gasteiger partial charge is 0.337 e. The number of nitrogens with zero attached hydrogens (tertiary/aromatic N) is 1. The Balaban J connectivity index is 1.63. The minimum atomic E-state index is -0.101. The summed E-state index contributed by atoms with van der Waals surface area (Å²) in [4.78, 5) is 15.2. The Bertz CT molecular complexity index is 594. The van der Waals surface area contributed by atoms with Crippen LogP contribution in [0.1, 0.15) is 37.8 Å². The Hall–Kier alpha value is -1.04. The van der Waals surface area contributed by atoms with Gasteiger partial charge in [-0.05, 0) is 29.9 Å². The van der Waals surface area contributed by atoms with E-state index in [1.54, 1.807) is 0 Å². The SMILES string of the molecule is CCC(C)C(NCC1C[C@H](S)CN1)C(=O)N1CCc2ccccc2C1. The molecule has 0 saturated carbocycles. The van der Waals surface area contributed by atoms with Crippen LogP contribution in [0.5, 0.6) is 0 Å². The van der Waals surface area contributed by atoms with Crippen molar-refractivity contribution in [1.29, 1.82) is 0 Å². The van der Waals surface area contributed by atoms with Gasteiger partial charge in [0.25, 0.3) is 0 Å². The molecule has 25 heavy (non-hydrogen) atoms. The van der Waals surface area contributed by atoms with Gasteiger partial charge < -0.3 is 15.5 Å². The Morgan fingerprint density at radius 2 is 2.16 bits per heavy atom. The fraction of sp³-hybridized carbons (Fsp3) is 0.650. The molecule has 0 bridgehead atoms. The van der Waals surface area contributed by atoms with Crippen LogP contribution in [0.4, 0.5) is 0 Å². The van der Waals surface area contributed by atoms with Gasteiger partial charge in [0.15, 0.2) is 0 Å². The molecule has 2 N–H and O–H groups in total. The maximum absolute atomic E-state index is 13.2. The molecular formula is C20H31N3OS. The van der Waals surface area contributed by atoms with Gasteiger partial charge in [-0.1, -0.05) is 44.5 Å². The third-order valence-corrected chi connectivity index (χ3v) is 6.10. The van der Waals surface area contributed by atoms with E-state index in [1.165, 1.54) is 11.1 Å². The summed E-state index contributed by atoms with van der Waals surface area (Å²) in [6, 6.07) is 8.80. The van der Waals surface area contributed by atoms with E-state index in [0.717, 1.165) is 45.4 Å². The van der Waals surface area contributed by atoms with E-state index in [4.69, 9.17) is 0 Å². The molecule has 1 amide bonds. The summed E-state index contributed by atoms with van der Waals surface area (Å²) < 4.78 is 0. The normalized spacial score (nSPS) is 25.5. The first kappa shape index (κ1) is 18.7. The first-order valence-electron chi connectivity index (χ1n) is 9.59. The Morgan fingerprint density at radius 3 is 2.84 bits per heavy atom. The van der Waals surface area contributed by atoms with Crippen molar-refractivity contribution in [1.82, 2.24) is 15.5 Å². The maximum Gasteiger partial charge on any atom is 0.240 e. The van der Waals surface area contributed by atoms with Crippen LogP contribution in [0.2, 0.25) is 0 Å². The summed E-state index contributed by atoms with van der Waals surface area (Å²) in [5.74, 6) is 0.585. The first-order valence-corrected chi connectivity index (χ1v) is 10.1. The number of carbonyl (C=O) groups is 1. The highest BCUT2D eigenvalue weighted by atomic mass is 32.1.